The van der Waals surface area contributed by atoms with Gasteiger partial charge in [-0.3, -0.25) is 9.69 Å². The van der Waals surface area contributed by atoms with E-state index in [-0.39, 0.29) is 21.4 Å². The average molecular weight is 461 g/mol. The predicted molar refractivity (Wildman–Crippen MR) is 120 cm³/mol. The molecule has 0 unspecified atom stereocenters. The van der Waals surface area contributed by atoms with Gasteiger partial charge in [0.15, 0.2) is 15.0 Å². The molecule has 0 aliphatic heterocycles. The van der Waals surface area contributed by atoms with E-state index in [2.05, 4.69) is 0 Å². The highest BCUT2D eigenvalue weighted by molar-refractivity contribution is 7.90. The smallest absolute Gasteiger partial charge is 0.261 e. The molecule has 0 atom stereocenters. The molecule has 3 aromatic rings. The van der Waals surface area contributed by atoms with Crippen LogP contribution in [0, 0.1) is 0 Å². The first kappa shape index (κ1) is 21.0. The molecule has 1 aromatic heterocycles. The summed E-state index contributed by atoms with van der Waals surface area (Å²) in [6.45, 7) is 0.325. The van der Waals surface area contributed by atoms with Gasteiger partial charge in [0, 0.05) is 11.1 Å². The number of hydrogen-bond donors (Lipinski definition) is 0. The fourth-order valence-electron chi connectivity index (χ4n) is 3.49. The maximum atomic E-state index is 13.6. The van der Waals surface area contributed by atoms with Crippen LogP contribution >= 0.6 is 22.9 Å². The standard InChI is InChI=1S/C22H21ClN2O3S2/c1-30(27,28)16-11-12-18(23)17(13-16)21(26)25(14-15-7-3-2-4-8-15)22-24-19-9-5-6-10-20(19)29-22/h2-4,7-8,11-13H,5-6,9-10,14H2,1H3. The highest BCUT2D eigenvalue weighted by atomic mass is 35.5. The molecule has 0 N–H and O–H groups in total. The number of aryl methyl sites for hydroxylation is 2. The maximum Gasteiger partial charge on any atom is 0.261 e. The van der Waals surface area contributed by atoms with Gasteiger partial charge in [-0.25, -0.2) is 13.4 Å². The van der Waals surface area contributed by atoms with E-state index in [0.29, 0.717) is 11.7 Å². The van der Waals surface area contributed by atoms with Gasteiger partial charge in [0.1, 0.15) is 0 Å². The summed E-state index contributed by atoms with van der Waals surface area (Å²) < 4.78 is 24.0. The first-order chi connectivity index (χ1) is 14.3. The van der Waals surface area contributed by atoms with Gasteiger partial charge in [-0.1, -0.05) is 41.9 Å². The molecule has 0 saturated heterocycles. The molecule has 156 valence electrons. The zero-order chi connectivity index (χ0) is 21.3. The van der Waals surface area contributed by atoms with Crippen LogP contribution in [0.5, 0.6) is 0 Å². The molecular weight excluding hydrogens is 440 g/mol. The molecule has 8 heteroatoms. The van der Waals surface area contributed by atoms with Crippen LogP contribution in [0.1, 0.15) is 39.3 Å². The number of anilines is 1. The Morgan fingerprint density at radius 1 is 1.13 bits per heavy atom. The van der Waals surface area contributed by atoms with Crippen LogP contribution < -0.4 is 4.90 Å². The van der Waals surface area contributed by atoms with Crippen LogP contribution in [0.15, 0.2) is 53.4 Å². The number of carbonyl (C=O) groups is 1. The zero-order valence-electron chi connectivity index (χ0n) is 16.5. The number of thiazole rings is 1. The first-order valence-corrected chi connectivity index (χ1v) is 12.8. The zero-order valence-corrected chi connectivity index (χ0v) is 18.9. The Balaban J connectivity index is 1.78. The van der Waals surface area contributed by atoms with Crippen LogP contribution in [0.25, 0.3) is 0 Å². The molecule has 1 aliphatic rings. The molecule has 2 aromatic carbocycles. The number of halogens is 1. The summed E-state index contributed by atoms with van der Waals surface area (Å²) in [7, 11) is -3.47. The monoisotopic (exact) mass is 460 g/mol. The normalized spacial score (nSPS) is 13.7. The first-order valence-electron chi connectivity index (χ1n) is 9.67. The van der Waals surface area contributed by atoms with Crippen LogP contribution in [-0.2, 0) is 29.2 Å². The number of amides is 1. The van der Waals surface area contributed by atoms with Crippen LogP contribution in [-0.4, -0.2) is 25.6 Å². The van der Waals surface area contributed by atoms with Gasteiger partial charge in [0.05, 0.1) is 27.7 Å². The Labute approximate surface area is 185 Å². The van der Waals surface area contributed by atoms with Crippen molar-refractivity contribution in [3.8, 4) is 0 Å². The molecule has 0 bridgehead atoms. The van der Waals surface area contributed by atoms with Crippen molar-refractivity contribution in [1.82, 2.24) is 4.98 Å². The molecule has 1 aliphatic carbocycles. The minimum atomic E-state index is -3.47. The third-order valence-corrected chi connectivity index (χ3v) is 7.71. The third kappa shape index (κ3) is 4.43. The fourth-order valence-corrected chi connectivity index (χ4v) is 5.48. The van der Waals surface area contributed by atoms with E-state index in [1.807, 2.05) is 30.3 Å². The van der Waals surface area contributed by atoms with Gasteiger partial charge in [-0.15, -0.1) is 11.3 Å². The molecule has 0 radical (unpaired) electrons. The molecular formula is C22H21ClN2O3S2. The number of fused-ring (bicyclic) bond motifs is 1. The van der Waals surface area contributed by atoms with Gasteiger partial charge >= 0.3 is 0 Å². The van der Waals surface area contributed by atoms with Gasteiger partial charge in [-0.2, -0.15) is 0 Å². The molecule has 0 fully saturated rings. The number of nitrogens with zero attached hydrogens (tertiary/aromatic N) is 2. The van der Waals surface area contributed by atoms with Crippen molar-refractivity contribution >= 4 is 43.8 Å². The number of rotatable bonds is 5. The van der Waals surface area contributed by atoms with E-state index in [9.17, 15) is 13.2 Å². The fraction of sp³-hybridized carbons (Fsp3) is 0.273. The van der Waals surface area contributed by atoms with Crippen molar-refractivity contribution in [2.24, 2.45) is 0 Å². The Morgan fingerprint density at radius 2 is 1.87 bits per heavy atom. The Hall–Kier alpha value is -2.22. The lowest BCUT2D eigenvalue weighted by Crippen LogP contribution is -2.30. The quantitative estimate of drug-likeness (QED) is 0.541. The summed E-state index contributed by atoms with van der Waals surface area (Å²) in [5.41, 5.74) is 2.17. The molecule has 4 rings (SSSR count). The number of aromatic nitrogens is 1. The van der Waals surface area contributed by atoms with Gasteiger partial charge < -0.3 is 0 Å². The number of carbonyl (C=O) groups excluding carboxylic acids is 1. The SMILES string of the molecule is CS(=O)(=O)c1ccc(Cl)c(C(=O)N(Cc2ccccc2)c2nc3c(s2)CCCC3)c1. The largest absolute Gasteiger partial charge is 0.279 e. The second kappa shape index (κ2) is 8.49. The Bertz CT molecular complexity index is 1170. The summed E-state index contributed by atoms with van der Waals surface area (Å²) in [6.07, 6.45) is 5.24. The molecule has 5 nitrogen and oxygen atoms in total. The van der Waals surface area contributed by atoms with E-state index < -0.39 is 9.84 Å². The van der Waals surface area contributed by atoms with E-state index in [1.165, 1.54) is 34.4 Å². The van der Waals surface area contributed by atoms with Crippen molar-refractivity contribution in [2.75, 3.05) is 11.2 Å². The van der Waals surface area contributed by atoms with Gasteiger partial charge in [0.25, 0.3) is 5.91 Å². The van der Waals surface area contributed by atoms with Crippen molar-refractivity contribution in [3.63, 3.8) is 0 Å². The van der Waals surface area contributed by atoms with E-state index >= 15 is 0 Å². The van der Waals surface area contributed by atoms with Gasteiger partial charge in [-0.05, 0) is 49.4 Å². The van der Waals surface area contributed by atoms with E-state index in [4.69, 9.17) is 16.6 Å². The molecule has 0 spiro atoms. The highest BCUT2D eigenvalue weighted by Gasteiger charge is 2.26. The molecule has 1 heterocycles. The number of benzene rings is 2. The van der Waals surface area contributed by atoms with Crippen LogP contribution in [0.2, 0.25) is 5.02 Å². The van der Waals surface area contributed by atoms with Crippen molar-refractivity contribution in [3.05, 3.63) is 75.3 Å². The number of sulfone groups is 1. The minimum Gasteiger partial charge on any atom is -0.279 e. The summed E-state index contributed by atoms with van der Waals surface area (Å²) in [6, 6.07) is 13.9. The Kier molecular flexibility index (Phi) is 5.95. The molecule has 1 amide bonds. The lowest BCUT2D eigenvalue weighted by molar-refractivity contribution is 0.0985. The lowest BCUT2D eigenvalue weighted by Gasteiger charge is -2.21. The van der Waals surface area contributed by atoms with E-state index in [1.54, 1.807) is 4.90 Å². The Morgan fingerprint density at radius 3 is 2.57 bits per heavy atom. The topological polar surface area (TPSA) is 67.3 Å². The summed E-state index contributed by atoms with van der Waals surface area (Å²) >= 11 is 7.85. The maximum absolute atomic E-state index is 13.6. The van der Waals surface area contributed by atoms with Crippen LogP contribution in [0.3, 0.4) is 0 Å². The van der Waals surface area contributed by atoms with E-state index in [0.717, 1.165) is 43.2 Å². The number of hydrogen-bond acceptors (Lipinski definition) is 5. The van der Waals surface area contributed by atoms with Gasteiger partial charge in [0.2, 0.25) is 0 Å². The van der Waals surface area contributed by atoms with Crippen molar-refractivity contribution in [2.45, 2.75) is 37.1 Å². The molecule has 30 heavy (non-hydrogen) atoms. The average Bonchev–Trinajstić information content (AvgIpc) is 3.15. The van der Waals surface area contributed by atoms with Crippen molar-refractivity contribution < 1.29 is 13.2 Å². The summed E-state index contributed by atoms with van der Waals surface area (Å²) in [5, 5.41) is 0.836. The second-order valence-electron chi connectivity index (χ2n) is 7.36. The molecule has 0 saturated carbocycles. The minimum absolute atomic E-state index is 0.0633. The second-order valence-corrected chi connectivity index (χ2v) is 10.8. The highest BCUT2D eigenvalue weighted by Crippen LogP contribution is 2.34. The predicted octanol–water partition coefficient (Wildman–Crippen LogP) is 4.93. The van der Waals surface area contributed by atoms with Crippen molar-refractivity contribution in [1.29, 1.82) is 0 Å². The summed E-state index contributed by atoms with van der Waals surface area (Å²) in [4.78, 5) is 21.2. The summed E-state index contributed by atoms with van der Waals surface area (Å²) in [5.74, 6) is -0.361. The third-order valence-electron chi connectivity index (χ3n) is 5.09. The van der Waals surface area contributed by atoms with Crippen LogP contribution in [0.4, 0.5) is 5.13 Å². The lowest BCUT2D eigenvalue weighted by atomic mass is 10.0.